The van der Waals surface area contributed by atoms with E-state index in [1.54, 1.807) is 12.3 Å². The number of benzene rings is 2. The third-order valence-corrected chi connectivity index (χ3v) is 4.77. The summed E-state index contributed by atoms with van der Waals surface area (Å²) in [6.07, 6.45) is 1.68. The molecule has 6 nitrogen and oxygen atoms in total. The first-order valence-electron chi connectivity index (χ1n) is 9.36. The van der Waals surface area contributed by atoms with Crippen molar-refractivity contribution in [1.82, 2.24) is 20.8 Å². The number of aryl methyl sites for hydroxylation is 1. The minimum atomic E-state index is -0.346. The lowest BCUT2D eigenvalue weighted by Crippen LogP contribution is -2.44. The summed E-state index contributed by atoms with van der Waals surface area (Å²) >= 11 is 5.30. The standard InChI is InChI=1S/C23H19N5OS/c1-15-8-5-6-12-19(15)25-23(30)28-27-22(29)18-14-17-11-7-13-24-21(17)26-20(18)16-9-3-2-4-10-16/h2-14H,1H3,(H,27,29)(H2,25,28,30). The number of hydrogen-bond acceptors (Lipinski definition) is 4. The highest BCUT2D eigenvalue weighted by Gasteiger charge is 2.16. The number of nitrogens with zero attached hydrogens (tertiary/aromatic N) is 2. The van der Waals surface area contributed by atoms with E-state index in [1.165, 1.54) is 0 Å². The highest BCUT2D eigenvalue weighted by Crippen LogP contribution is 2.24. The van der Waals surface area contributed by atoms with E-state index < -0.39 is 0 Å². The number of nitrogens with one attached hydrogen (secondary N) is 3. The van der Waals surface area contributed by atoms with Crippen LogP contribution in [0.25, 0.3) is 22.3 Å². The predicted molar refractivity (Wildman–Crippen MR) is 123 cm³/mol. The zero-order chi connectivity index (χ0) is 20.9. The Labute approximate surface area is 179 Å². The van der Waals surface area contributed by atoms with Crippen molar-refractivity contribution in [1.29, 1.82) is 0 Å². The van der Waals surface area contributed by atoms with Crippen LogP contribution >= 0.6 is 12.2 Å². The van der Waals surface area contributed by atoms with Gasteiger partial charge in [-0.2, -0.15) is 0 Å². The summed E-state index contributed by atoms with van der Waals surface area (Å²) in [5, 5.41) is 4.14. The number of fused-ring (bicyclic) bond motifs is 1. The maximum Gasteiger partial charge on any atom is 0.271 e. The van der Waals surface area contributed by atoms with Crippen LogP contribution in [0.4, 0.5) is 5.69 Å². The van der Waals surface area contributed by atoms with Crippen molar-refractivity contribution < 1.29 is 4.79 Å². The molecule has 0 aliphatic carbocycles. The molecule has 2 aromatic carbocycles. The van der Waals surface area contributed by atoms with Crippen molar-refractivity contribution in [3.8, 4) is 11.3 Å². The minimum Gasteiger partial charge on any atom is -0.331 e. The molecule has 3 N–H and O–H groups in total. The Morgan fingerprint density at radius 1 is 0.933 bits per heavy atom. The summed E-state index contributed by atoms with van der Waals surface area (Å²) < 4.78 is 0. The number of hydrazine groups is 1. The third-order valence-electron chi connectivity index (χ3n) is 4.56. The monoisotopic (exact) mass is 413 g/mol. The Balaban J connectivity index is 1.58. The second-order valence-corrected chi connectivity index (χ2v) is 7.06. The quantitative estimate of drug-likeness (QED) is 0.344. The number of para-hydroxylation sites is 1. The van der Waals surface area contributed by atoms with Gasteiger partial charge in [0.05, 0.1) is 11.3 Å². The van der Waals surface area contributed by atoms with E-state index in [4.69, 9.17) is 12.2 Å². The summed E-state index contributed by atoms with van der Waals surface area (Å²) in [4.78, 5) is 21.9. The van der Waals surface area contributed by atoms with Gasteiger partial charge in [-0.25, -0.2) is 9.97 Å². The van der Waals surface area contributed by atoms with E-state index in [0.717, 1.165) is 22.2 Å². The molecule has 0 saturated carbocycles. The molecule has 0 aliphatic heterocycles. The van der Waals surface area contributed by atoms with Crippen LogP contribution in [-0.4, -0.2) is 21.0 Å². The predicted octanol–water partition coefficient (Wildman–Crippen LogP) is 4.24. The number of thiocarbonyl (C=S) groups is 1. The highest BCUT2D eigenvalue weighted by atomic mass is 32.1. The normalized spacial score (nSPS) is 10.4. The number of amides is 1. The molecule has 148 valence electrons. The number of rotatable bonds is 3. The maximum absolute atomic E-state index is 13.0. The zero-order valence-electron chi connectivity index (χ0n) is 16.2. The van der Waals surface area contributed by atoms with Gasteiger partial charge in [0.25, 0.3) is 5.91 Å². The first kappa shape index (κ1) is 19.5. The third kappa shape index (κ3) is 4.26. The van der Waals surface area contributed by atoms with Gasteiger partial charge in [-0.05, 0) is 49.0 Å². The van der Waals surface area contributed by atoms with Crippen LogP contribution in [-0.2, 0) is 0 Å². The van der Waals surface area contributed by atoms with E-state index in [0.29, 0.717) is 16.9 Å². The van der Waals surface area contributed by atoms with Crippen molar-refractivity contribution in [3.05, 3.63) is 90.1 Å². The molecule has 2 aromatic heterocycles. The lowest BCUT2D eigenvalue weighted by molar-refractivity contribution is 0.0944. The Hall–Kier alpha value is -3.84. The zero-order valence-corrected chi connectivity index (χ0v) is 17.0. The van der Waals surface area contributed by atoms with Crippen molar-refractivity contribution in [2.45, 2.75) is 6.92 Å². The molecule has 4 rings (SSSR count). The molecule has 2 heterocycles. The molecule has 0 fully saturated rings. The van der Waals surface area contributed by atoms with Crippen LogP contribution in [0.15, 0.2) is 79.0 Å². The fourth-order valence-electron chi connectivity index (χ4n) is 3.04. The summed E-state index contributed by atoms with van der Waals surface area (Å²) in [7, 11) is 0. The van der Waals surface area contributed by atoms with Crippen LogP contribution in [0.3, 0.4) is 0 Å². The Kier molecular flexibility index (Phi) is 5.63. The Bertz CT molecular complexity index is 1230. The average molecular weight is 414 g/mol. The first-order valence-corrected chi connectivity index (χ1v) is 9.77. The molecule has 0 spiro atoms. The van der Waals surface area contributed by atoms with Crippen LogP contribution in [0.1, 0.15) is 15.9 Å². The van der Waals surface area contributed by atoms with Crippen LogP contribution < -0.4 is 16.2 Å². The van der Waals surface area contributed by atoms with Crippen LogP contribution in [0, 0.1) is 6.92 Å². The molecule has 0 bridgehead atoms. The second kappa shape index (κ2) is 8.67. The lowest BCUT2D eigenvalue weighted by Gasteiger charge is -2.15. The first-order chi connectivity index (χ1) is 14.6. The van der Waals surface area contributed by atoms with Crippen molar-refractivity contribution in [2.24, 2.45) is 0 Å². The van der Waals surface area contributed by atoms with E-state index >= 15 is 0 Å². The summed E-state index contributed by atoms with van der Waals surface area (Å²) in [5.74, 6) is -0.346. The summed E-state index contributed by atoms with van der Waals surface area (Å²) in [6, 6.07) is 22.8. The summed E-state index contributed by atoms with van der Waals surface area (Å²) in [6.45, 7) is 1.98. The SMILES string of the molecule is Cc1ccccc1NC(=S)NNC(=O)c1cc2cccnc2nc1-c1ccccc1. The topological polar surface area (TPSA) is 78.9 Å². The molecule has 4 aromatic rings. The van der Waals surface area contributed by atoms with E-state index in [2.05, 4.69) is 26.1 Å². The molecule has 0 unspecified atom stereocenters. The largest absolute Gasteiger partial charge is 0.331 e. The van der Waals surface area contributed by atoms with Crippen molar-refractivity contribution in [3.63, 3.8) is 0 Å². The number of carbonyl (C=O) groups excluding carboxylic acids is 1. The number of aromatic nitrogens is 2. The average Bonchev–Trinajstić information content (AvgIpc) is 2.78. The van der Waals surface area contributed by atoms with Gasteiger partial charge in [0.2, 0.25) is 0 Å². The lowest BCUT2D eigenvalue weighted by atomic mass is 10.0. The molecule has 30 heavy (non-hydrogen) atoms. The fourth-order valence-corrected chi connectivity index (χ4v) is 3.20. The number of anilines is 1. The molecule has 7 heteroatoms. The molecule has 0 atom stereocenters. The molecular formula is C23H19N5OS. The Morgan fingerprint density at radius 2 is 1.70 bits per heavy atom. The Morgan fingerprint density at radius 3 is 2.50 bits per heavy atom. The minimum absolute atomic E-state index is 0.286. The maximum atomic E-state index is 13.0. The van der Waals surface area contributed by atoms with Crippen molar-refractivity contribution in [2.75, 3.05) is 5.32 Å². The highest BCUT2D eigenvalue weighted by molar-refractivity contribution is 7.80. The van der Waals surface area contributed by atoms with Gasteiger partial charge in [-0.15, -0.1) is 0 Å². The number of pyridine rings is 2. The van der Waals surface area contributed by atoms with Gasteiger partial charge in [0.1, 0.15) is 0 Å². The van der Waals surface area contributed by atoms with Gasteiger partial charge in [0.15, 0.2) is 10.8 Å². The molecule has 0 radical (unpaired) electrons. The fraction of sp³-hybridized carbons (Fsp3) is 0.0435. The van der Waals surface area contributed by atoms with Gasteiger partial charge >= 0.3 is 0 Å². The molecule has 0 aliphatic rings. The molecule has 1 amide bonds. The van der Waals surface area contributed by atoms with Crippen LogP contribution in [0.5, 0.6) is 0 Å². The van der Waals surface area contributed by atoms with E-state index in [9.17, 15) is 4.79 Å². The van der Waals surface area contributed by atoms with Gasteiger partial charge in [-0.1, -0.05) is 48.5 Å². The van der Waals surface area contributed by atoms with Crippen LogP contribution in [0.2, 0.25) is 0 Å². The van der Waals surface area contributed by atoms with Gasteiger partial charge in [0, 0.05) is 22.8 Å². The number of hydrogen-bond donors (Lipinski definition) is 3. The second-order valence-electron chi connectivity index (χ2n) is 6.65. The van der Waals surface area contributed by atoms with Crippen molar-refractivity contribution >= 4 is 40.0 Å². The number of carbonyl (C=O) groups is 1. The van der Waals surface area contributed by atoms with Gasteiger partial charge in [-0.3, -0.25) is 15.6 Å². The molecular weight excluding hydrogens is 394 g/mol. The van der Waals surface area contributed by atoms with E-state index in [-0.39, 0.29) is 11.0 Å². The molecule has 0 saturated heterocycles. The van der Waals surface area contributed by atoms with E-state index in [1.807, 2.05) is 73.7 Å². The smallest absolute Gasteiger partial charge is 0.271 e. The summed E-state index contributed by atoms with van der Waals surface area (Å²) in [5.41, 5.74) is 9.73. The van der Waals surface area contributed by atoms with Gasteiger partial charge < -0.3 is 5.32 Å².